The van der Waals surface area contributed by atoms with Crippen LogP contribution in [0.3, 0.4) is 0 Å². The maximum Gasteiger partial charge on any atom is 0.272 e. The van der Waals surface area contributed by atoms with E-state index in [1.54, 1.807) is 26.2 Å². The lowest BCUT2D eigenvalue weighted by Crippen LogP contribution is -2.25. The molecule has 0 radical (unpaired) electrons. The number of carbonyl (C=O) groups excluding carboxylic acids is 1. The second-order valence-corrected chi connectivity index (χ2v) is 7.64. The van der Waals surface area contributed by atoms with Gasteiger partial charge in [-0.1, -0.05) is 0 Å². The summed E-state index contributed by atoms with van der Waals surface area (Å²) in [5.74, 6) is -1.07. The lowest BCUT2D eigenvalue weighted by atomic mass is 9.85. The molecule has 1 amide bonds. The first-order chi connectivity index (χ1) is 15.9. The quantitative estimate of drug-likeness (QED) is 0.510. The van der Waals surface area contributed by atoms with E-state index in [2.05, 4.69) is 25.6 Å². The fraction of sp³-hybridized carbons (Fsp3) is 0.174. The van der Waals surface area contributed by atoms with Crippen LogP contribution in [0.4, 0.5) is 14.6 Å². The number of anilines is 1. The molecule has 8 nitrogen and oxygen atoms in total. The minimum absolute atomic E-state index is 0.0351. The molecule has 0 aliphatic carbocycles. The smallest absolute Gasteiger partial charge is 0.272 e. The molecule has 0 bridgehead atoms. The molecule has 3 heterocycles. The average molecular weight is 448 g/mol. The Morgan fingerprint density at radius 1 is 1.12 bits per heavy atom. The van der Waals surface area contributed by atoms with Gasteiger partial charge in [0.05, 0.1) is 24.7 Å². The van der Waals surface area contributed by atoms with Gasteiger partial charge >= 0.3 is 0 Å². The fourth-order valence-electron chi connectivity index (χ4n) is 4.04. The van der Waals surface area contributed by atoms with Gasteiger partial charge in [-0.2, -0.15) is 14.9 Å². The van der Waals surface area contributed by atoms with Crippen molar-refractivity contribution in [2.45, 2.75) is 19.3 Å². The first-order valence-electron chi connectivity index (χ1n) is 10.1. The Kier molecular flexibility index (Phi) is 5.04. The van der Waals surface area contributed by atoms with Crippen LogP contribution in [0.25, 0.3) is 17.2 Å². The van der Waals surface area contributed by atoms with Crippen molar-refractivity contribution in [2.24, 2.45) is 0 Å². The van der Waals surface area contributed by atoms with Gasteiger partial charge in [0.15, 0.2) is 0 Å². The highest BCUT2D eigenvalue weighted by Gasteiger charge is 2.33. The topological polar surface area (TPSA) is 94.8 Å². The molecular formula is C23H18F2N6O2. The van der Waals surface area contributed by atoms with Gasteiger partial charge in [-0.3, -0.25) is 4.79 Å². The molecular weight excluding hydrogens is 430 g/mol. The third kappa shape index (κ3) is 3.79. The minimum Gasteiger partial charge on any atom is -0.497 e. The largest absolute Gasteiger partial charge is 0.497 e. The van der Waals surface area contributed by atoms with Crippen LogP contribution >= 0.6 is 0 Å². The molecule has 1 aliphatic rings. The number of halogens is 2. The summed E-state index contributed by atoms with van der Waals surface area (Å²) in [7, 11) is 1.59. The van der Waals surface area contributed by atoms with Crippen LogP contribution in [0.5, 0.6) is 5.75 Å². The maximum atomic E-state index is 13.9. The average Bonchev–Trinajstić information content (AvgIpc) is 3.14. The van der Waals surface area contributed by atoms with Crippen LogP contribution in [0.1, 0.15) is 29.2 Å². The number of amides is 1. The molecule has 0 unspecified atom stereocenters. The van der Waals surface area contributed by atoms with Gasteiger partial charge < -0.3 is 10.1 Å². The van der Waals surface area contributed by atoms with Gasteiger partial charge in [-0.15, -0.1) is 5.10 Å². The van der Waals surface area contributed by atoms with E-state index in [0.29, 0.717) is 34.1 Å². The molecule has 0 saturated carbocycles. The summed E-state index contributed by atoms with van der Waals surface area (Å²) < 4.78 is 34.3. The molecule has 10 heteroatoms. The number of carbonyl (C=O) groups is 1. The van der Waals surface area contributed by atoms with Gasteiger partial charge in [-0.05, 0) is 48.9 Å². The van der Waals surface area contributed by atoms with Crippen molar-refractivity contribution in [3.8, 4) is 23.0 Å². The summed E-state index contributed by atoms with van der Waals surface area (Å²) in [6, 6.07) is 10.6. The highest BCUT2D eigenvalue weighted by molar-refractivity contribution is 5.95. The SMILES string of the molecule is COc1ccc(-c2cnnc(-n3nc(C)c4c3NC(=O)C[C@@H]4c3cc(F)cc(F)c3)n2)cc1. The van der Waals surface area contributed by atoms with Crippen molar-refractivity contribution in [1.29, 1.82) is 0 Å². The Morgan fingerprint density at radius 3 is 2.55 bits per heavy atom. The standard InChI is InChI=1S/C23H18F2N6O2/c1-12-21-18(14-7-15(24)9-16(25)8-14)10-20(32)28-22(21)31(30-12)23-27-19(11-26-29-23)13-3-5-17(33-2)6-4-13/h3-9,11,18H,10H2,1-2H3,(H,28,32)/t18-/m1/s1. The van der Waals surface area contributed by atoms with E-state index in [9.17, 15) is 13.6 Å². The van der Waals surface area contributed by atoms with Crippen molar-refractivity contribution in [2.75, 3.05) is 12.4 Å². The Balaban J connectivity index is 1.60. The number of aromatic nitrogens is 5. The number of nitrogens with one attached hydrogen (secondary N) is 1. The summed E-state index contributed by atoms with van der Waals surface area (Å²) in [5, 5.41) is 15.4. The number of methoxy groups -OCH3 is 1. The van der Waals surface area contributed by atoms with Crippen molar-refractivity contribution in [3.63, 3.8) is 0 Å². The summed E-state index contributed by atoms with van der Waals surface area (Å²) in [5.41, 5.74) is 2.94. The highest BCUT2D eigenvalue weighted by Crippen LogP contribution is 2.40. The number of aryl methyl sites for hydroxylation is 1. The molecule has 0 saturated heterocycles. The van der Waals surface area contributed by atoms with Gasteiger partial charge in [0.1, 0.15) is 23.2 Å². The maximum absolute atomic E-state index is 13.9. The Bertz CT molecular complexity index is 1350. The number of hydrogen-bond donors (Lipinski definition) is 1. The van der Waals surface area contributed by atoms with Crippen LogP contribution in [0.2, 0.25) is 0 Å². The lowest BCUT2D eigenvalue weighted by molar-refractivity contribution is -0.116. The second-order valence-electron chi connectivity index (χ2n) is 7.64. The van der Waals surface area contributed by atoms with Gasteiger partial charge in [0.25, 0.3) is 5.95 Å². The van der Waals surface area contributed by atoms with Crippen LogP contribution in [-0.4, -0.2) is 38.0 Å². The molecule has 4 aromatic rings. The minimum atomic E-state index is -0.706. The van der Waals surface area contributed by atoms with E-state index in [1.807, 2.05) is 12.1 Å². The normalized spacial score (nSPS) is 15.2. The van der Waals surface area contributed by atoms with Gasteiger partial charge in [0.2, 0.25) is 5.91 Å². The van der Waals surface area contributed by atoms with E-state index >= 15 is 0 Å². The number of ether oxygens (including phenoxy) is 1. The molecule has 0 spiro atoms. The van der Waals surface area contributed by atoms with Crippen molar-refractivity contribution >= 4 is 11.7 Å². The van der Waals surface area contributed by atoms with E-state index in [-0.39, 0.29) is 18.3 Å². The third-order valence-corrected chi connectivity index (χ3v) is 5.51. The highest BCUT2D eigenvalue weighted by atomic mass is 19.1. The Morgan fingerprint density at radius 2 is 1.85 bits per heavy atom. The summed E-state index contributed by atoms with van der Waals surface area (Å²) in [6.45, 7) is 1.76. The lowest BCUT2D eigenvalue weighted by Gasteiger charge is -2.24. The number of hydrogen-bond acceptors (Lipinski definition) is 6. The third-order valence-electron chi connectivity index (χ3n) is 5.51. The summed E-state index contributed by atoms with van der Waals surface area (Å²) >= 11 is 0. The number of fused-ring (bicyclic) bond motifs is 1. The first-order valence-corrected chi connectivity index (χ1v) is 10.1. The van der Waals surface area contributed by atoms with Crippen LogP contribution < -0.4 is 10.1 Å². The van der Waals surface area contributed by atoms with E-state index < -0.39 is 17.6 Å². The monoisotopic (exact) mass is 448 g/mol. The van der Waals surface area contributed by atoms with Gasteiger partial charge in [-0.25, -0.2) is 13.8 Å². The molecule has 33 heavy (non-hydrogen) atoms. The van der Waals surface area contributed by atoms with E-state index in [4.69, 9.17) is 4.74 Å². The van der Waals surface area contributed by atoms with Crippen LogP contribution in [-0.2, 0) is 4.79 Å². The Hall–Kier alpha value is -4.21. The zero-order chi connectivity index (χ0) is 23.1. The molecule has 166 valence electrons. The van der Waals surface area contributed by atoms with Crippen molar-refractivity contribution < 1.29 is 18.3 Å². The number of rotatable bonds is 4. The molecule has 1 N–H and O–H groups in total. The van der Waals surface area contributed by atoms with Crippen LogP contribution in [0, 0.1) is 18.6 Å². The molecule has 1 atom stereocenters. The first kappa shape index (κ1) is 20.7. The van der Waals surface area contributed by atoms with Crippen LogP contribution in [0.15, 0.2) is 48.7 Å². The van der Waals surface area contributed by atoms with Crippen molar-refractivity contribution in [3.05, 3.63) is 77.1 Å². The molecule has 2 aromatic carbocycles. The van der Waals surface area contributed by atoms with E-state index in [1.165, 1.54) is 23.0 Å². The van der Waals surface area contributed by atoms with E-state index in [0.717, 1.165) is 11.6 Å². The molecule has 1 aliphatic heterocycles. The Labute approximate surface area is 187 Å². The second kappa shape index (κ2) is 8.05. The predicted molar refractivity (Wildman–Crippen MR) is 115 cm³/mol. The molecule has 0 fully saturated rings. The predicted octanol–water partition coefficient (Wildman–Crippen LogP) is 3.79. The van der Waals surface area contributed by atoms with Crippen molar-refractivity contribution in [1.82, 2.24) is 25.0 Å². The zero-order valence-electron chi connectivity index (χ0n) is 17.7. The fourth-order valence-corrected chi connectivity index (χ4v) is 4.04. The summed E-state index contributed by atoms with van der Waals surface area (Å²) in [6.07, 6.45) is 1.55. The molecule has 5 rings (SSSR count). The number of benzene rings is 2. The van der Waals surface area contributed by atoms with Gasteiger partial charge in [0, 0.05) is 29.5 Å². The summed E-state index contributed by atoms with van der Waals surface area (Å²) in [4.78, 5) is 17.1. The number of nitrogens with zero attached hydrogens (tertiary/aromatic N) is 5. The zero-order valence-corrected chi connectivity index (χ0v) is 17.7. The molecule has 2 aromatic heterocycles.